The van der Waals surface area contributed by atoms with Gasteiger partial charge < -0.3 is 4.90 Å². The molecule has 0 aromatic carbocycles. The second-order valence-corrected chi connectivity index (χ2v) is 3.91. The Balaban J connectivity index is 2.25. The lowest BCUT2D eigenvalue weighted by Crippen LogP contribution is -2.19. The second-order valence-electron chi connectivity index (χ2n) is 3.91. The van der Waals surface area contributed by atoms with Gasteiger partial charge in [-0.05, 0) is 31.2 Å². The van der Waals surface area contributed by atoms with Crippen LogP contribution in [0.3, 0.4) is 0 Å². The smallest absolute Gasteiger partial charge is 0.141 e. The highest BCUT2D eigenvalue weighted by Crippen LogP contribution is 2.32. The molecule has 0 fully saturated rings. The molecule has 17 heavy (non-hydrogen) atoms. The number of pyridine rings is 2. The third-order valence-electron chi connectivity index (χ3n) is 2.90. The fraction of sp³-hybridized carbons (Fsp3) is 0.143. The zero-order valence-corrected chi connectivity index (χ0v) is 9.67. The van der Waals surface area contributed by atoms with Crippen molar-refractivity contribution in [1.82, 2.24) is 9.97 Å². The summed E-state index contributed by atoms with van der Waals surface area (Å²) in [6.07, 6.45) is 7.84. The topological polar surface area (TPSA) is 29.0 Å². The van der Waals surface area contributed by atoms with E-state index in [-0.39, 0.29) is 0 Å². The molecule has 0 radical (unpaired) electrons. The number of aromatic nitrogens is 2. The number of anilines is 2. The minimum atomic E-state index is 0.857. The van der Waals surface area contributed by atoms with Gasteiger partial charge in [-0.3, -0.25) is 0 Å². The highest BCUT2D eigenvalue weighted by Gasteiger charge is 2.17. The first kappa shape index (κ1) is 10.0. The van der Waals surface area contributed by atoms with Gasteiger partial charge in [0.1, 0.15) is 11.6 Å². The van der Waals surface area contributed by atoms with Crippen molar-refractivity contribution in [3.05, 3.63) is 47.8 Å². The molecule has 0 aliphatic carbocycles. The number of hydrogen-bond donors (Lipinski definition) is 0. The predicted molar refractivity (Wildman–Crippen MR) is 70.1 cm³/mol. The fourth-order valence-corrected chi connectivity index (χ4v) is 2.11. The normalized spacial score (nSPS) is 12.9. The molecule has 0 atom stereocenters. The van der Waals surface area contributed by atoms with Gasteiger partial charge in [0, 0.05) is 30.1 Å². The van der Waals surface area contributed by atoms with Gasteiger partial charge in [0.25, 0.3) is 0 Å². The minimum absolute atomic E-state index is 0.857. The average molecular weight is 223 g/mol. The Labute approximate surface area is 100 Å². The predicted octanol–water partition coefficient (Wildman–Crippen LogP) is 3.12. The standard InChI is InChI=1S/C14H13N3/c1-2-17-13-11(5-3-9-15-13)7-8-12-6-4-10-16-14(12)17/h3-10H,2H2,1H3. The van der Waals surface area contributed by atoms with Crippen LogP contribution in [0.15, 0.2) is 36.7 Å². The van der Waals surface area contributed by atoms with Crippen molar-refractivity contribution >= 4 is 23.8 Å². The highest BCUT2D eigenvalue weighted by atomic mass is 15.2. The molecule has 3 rings (SSSR count). The fourth-order valence-electron chi connectivity index (χ4n) is 2.11. The van der Waals surface area contributed by atoms with E-state index in [4.69, 9.17) is 0 Å². The zero-order valence-electron chi connectivity index (χ0n) is 9.67. The van der Waals surface area contributed by atoms with Crippen LogP contribution in [0.25, 0.3) is 12.2 Å². The molecule has 3 nitrogen and oxygen atoms in total. The summed E-state index contributed by atoms with van der Waals surface area (Å²) in [5.74, 6) is 1.95. The van der Waals surface area contributed by atoms with Crippen LogP contribution < -0.4 is 4.90 Å². The Morgan fingerprint density at radius 2 is 1.47 bits per heavy atom. The Morgan fingerprint density at radius 1 is 0.941 bits per heavy atom. The van der Waals surface area contributed by atoms with E-state index >= 15 is 0 Å². The van der Waals surface area contributed by atoms with Crippen LogP contribution in [0.2, 0.25) is 0 Å². The second kappa shape index (κ2) is 4.01. The molecule has 2 aromatic rings. The molecular formula is C14H13N3. The molecule has 3 heteroatoms. The highest BCUT2D eigenvalue weighted by molar-refractivity contribution is 5.85. The minimum Gasteiger partial charge on any atom is -0.310 e. The lowest BCUT2D eigenvalue weighted by molar-refractivity contribution is 0.959. The summed E-state index contributed by atoms with van der Waals surface area (Å²) < 4.78 is 0. The van der Waals surface area contributed by atoms with Crippen molar-refractivity contribution in [3.8, 4) is 0 Å². The van der Waals surface area contributed by atoms with Crippen LogP contribution in [-0.2, 0) is 0 Å². The molecule has 84 valence electrons. The first-order chi connectivity index (χ1) is 8.40. The third kappa shape index (κ3) is 1.60. The molecule has 0 saturated heterocycles. The van der Waals surface area contributed by atoms with E-state index in [2.05, 4.69) is 46.1 Å². The van der Waals surface area contributed by atoms with E-state index in [0.717, 1.165) is 29.3 Å². The van der Waals surface area contributed by atoms with E-state index in [1.54, 1.807) is 0 Å². The molecule has 0 spiro atoms. The van der Waals surface area contributed by atoms with Gasteiger partial charge in [-0.15, -0.1) is 0 Å². The number of hydrogen-bond acceptors (Lipinski definition) is 3. The molecule has 0 bridgehead atoms. The lowest BCUT2D eigenvalue weighted by atomic mass is 10.2. The summed E-state index contributed by atoms with van der Waals surface area (Å²) in [6.45, 7) is 2.97. The number of fused-ring (bicyclic) bond motifs is 2. The van der Waals surface area contributed by atoms with Gasteiger partial charge >= 0.3 is 0 Å². The van der Waals surface area contributed by atoms with E-state index in [1.807, 2.05) is 24.5 Å². The zero-order chi connectivity index (χ0) is 11.7. The van der Waals surface area contributed by atoms with Gasteiger partial charge in [0.15, 0.2) is 0 Å². The van der Waals surface area contributed by atoms with Gasteiger partial charge in [-0.1, -0.05) is 12.2 Å². The van der Waals surface area contributed by atoms with Gasteiger partial charge in [-0.2, -0.15) is 0 Å². The Morgan fingerprint density at radius 3 is 1.94 bits per heavy atom. The number of nitrogens with zero attached hydrogens (tertiary/aromatic N) is 3. The molecule has 2 aromatic heterocycles. The average Bonchev–Trinajstić information content (AvgIpc) is 2.55. The molecule has 0 saturated carbocycles. The molecule has 0 unspecified atom stereocenters. The van der Waals surface area contributed by atoms with Gasteiger partial charge in [0.05, 0.1) is 0 Å². The van der Waals surface area contributed by atoms with Crippen LogP contribution in [-0.4, -0.2) is 16.5 Å². The lowest BCUT2D eigenvalue weighted by Gasteiger charge is -2.22. The molecule has 1 aliphatic rings. The first-order valence-corrected chi connectivity index (χ1v) is 5.76. The Bertz CT molecular complexity index is 526. The number of rotatable bonds is 1. The summed E-state index contributed by atoms with van der Waals surface area (Å²) in [5, 5.41) is 0. The maximum Gasteiger partial charge on any atom is 0.141 e. The largest absolute Gasteiger partial charge is 0.310 e. The van der Waals surface area contributed by atoms with Crippen LogP contribution in [0.4, 0.5) is 11.6 Å². The molecule has 1 aliphatic heterocycles. The van der Waals surface area contributed by atoms with Crippen molar-refractivity contribution < 1.29 is 0 Å². The third-order valence-corrected chi connectivity index (χ3v) is 2.90. The SMILES string of the molecule is CCN1c2ncccc2C=Cc2cccnc21. The van der Waals surface area contributed by atoms with E-state index < -0.39 is 0 Å². The van der Waals surface area contributed by atoms with Gasteiger partial charge in [0.2, 0.25) is 0 Å². The van der Waals surface area contributed by atoms with Crippen LogP contribution in [0.5, 0.6) is 0 Å². The summed E-state index contributed by atoms with van der Waals surface area (Å²) in [4.78, 5) is 11.1. The van der Waals surface area contributed by atoms with E-state index in [9.17, 15) is 0 Å². The Kier molecular flexibility index (Phi) is 2.37. The van der Waals surface area contributed by atoms with E-state index in [0.29, 0.717) is 0 Å². The summed E-state index contributed by atoms with van der Waals surface area (Å²) in [7, 11) is 0. The monoisotopic (exact) mass is 223 g/mol. The summed E-state index contributed by atoms with van der Waals surface area (Å²) in [5.41, 5.74) is 2.26. The summed E-state index contributed by atoms with van der Waals surface area (Å²) >= 11 is 0. The van der Waals surface area contributed by atoms with Crippen molar-refractivity contribution in [2.75, 3.05) is 11.4 Å². The van der Waals surface area contributed by atoms with Gasteiger partial charge in [-0.25, -0.2) is 9.97 Å². The maximum atomic E-state index is 4.47. The Hall–Kier alpha value is -2.16. The van der Waals surface area contributed by atoms with Crippen molar-refractivity contribution in [3.63, 3.8) is 0 Å². The first-order valence-electron chi connectivity index (χ1n) is 5.76. The van der Waals surface area contributed by atoms with Crippen molar-refractivity contribution in [1.29, 1.82) is 0 Å². The van der Waals surface area contributed by atoms with Crippen LogP contribution in [0.1, 0.15) is 18.1 Å². The molecule has 0 N–H and O–H groups in total. The summed E-state index contributed by atoms with van der Waals surface area (Å²) in [6, 6.07) is 8.07. The van der Waals surface area contributed by atoms with Crippen molar-refractivity contribution in [2.45, 2.75) is 6.92 Å². The van der Waals surface area contributed by atoms with Crippen LogP contribution >= 0.6 is 0 Å². The quantitative estimate of drug-likeness (QED) is 0.743. The molecule has 0 amide bonds. The van der Waals surface area contributed by atoms with E-state index in [1.165, 1.54) is 0 Å². The molecular weight excluding hydrogens is 210 g/mol. The molecule has 3 heterocycles. The maximum absolute atomic E-state index is 4.47. The van der Waals surface area contributed by atoms with Crippen molar-refractivity contribution in [2.24, 2.45) is 0 Å². The van der Waals surface area contributed by atoms with Crippen LogP contribution in [0, 0.1) is 0 Å².